The molecule has 0 aliphatic rings. The first-order chi connectivity index (χ1) is 12.2. The van der Waals surface area contributed by atoms with Crippen LogP contribution in [0.4, 0.5) is 0 Å². The Hall–Kier alpha value is -2.69. The molecule has 0 amide bonds. The third kappa shape index (κ3) is 3.14. The number of pyridine rings is 1. The van der Waals surface area contributed by atoms with Gasteiger partial charge in [-0.3, -0.25) is 0 Å². The van der Waals surface area contributed by atoms with E-state index in [0.717, 1.165) is 28.1 Å². The molecule has 1 atom stereocenters. The smallest absolute Gasteiger partial charge is 0.160 e. The standard InChI is InChI=1S/C20H16ClN3O/c21-16-10-8-15(9-11-16)19-23-17-7-4-12-22-20(17)24(19)13-18(25)14-5-2-1-3-6-14/h1-12,18,25H,13H2. The summed E-state index contributed by atoms with van der Waals surface area (Å²) in [6, 6.07) is 20.9. The highest BCUT2D eigenvalue weighted by Gasteiger charge is 2.17. The number of rotatable bonds is 4. The summed E-state index contributed by atoms with van der Waals surface area (Å²) in [5.74, 6) is 0.764. The molecular weight excluding hydrogens is 334 g/mol. The van der Waals surface area contributed by atoms with Gasteiger partial charge in [-0.25, -0.2) is 9.97 Å². The molecule has 0 saturated heterocycles. The summed E-state index contributed by atoms with van der Waals surface area (Å²) in [5, 5.41) is 11.3. The lowest BCUT2D eigenvalue weighted by atomic mass is 10.1. The normalized spacial score (nSPS) is 12.4. The first kappa shape index (κ1) is 15.8. The summed E-state index contributed by atoms with van der Waals surface area (Å²) in [5.41, 5.74) is 3.35. The Morgan fingerprint density at radius 1 is 0.960 bits per heavy atom. The molecule has 0 fully saturated rings. The van der Waals surface area contributed by atoms with Crippen molar-refractivity contribution in [3.05, 3.63) is 83.5 Å². The Balaban J connectivity index is 1.81. The van der Waals surface area contributed by atoms with Crippen molar-refractivity contribution in [2.24, 2.45) is 0 Å². The SMILES string of the molecule is OC(Cn1c(-c2ccc(Cl)cc2)nc2cccnc21)c1ccccc1. The fourth-order valence-electron chi connectivity index (χ4n) is 2.90. The van der Waals surface area contributed by atoms with E-state index in [2.05, 4.69) is 4.98 Å². The van der Waals surface area contributed by atoms with Crippen molar-refractivity contribution in [2.45, 2.75) is 12.6 Å². The number of halogens is 1. The van der Waals surface area contributed by atoms with Gasteiger partial charge in [0.05, 0.1) is 12.6 Å². The molecule has 0 radical (unpaired) electrons. The maximum atomic E-state index is 10.7. The number of aromatic nitrogens is 3. The summed E-state index contributed by atoms with van der Waals surface area (Å²) in [7, 11) is 0. The molecule has 1 unspecified atom stereocenters. The Labute approximate surface area is 150 Å². The van der Waals surface area contributed by atoms with Crippen molar-refractivity contribution in [3.8, 4) is 11.4 Å². The second kappa shape index (κ2) is 6.67. The molecule has 4 nitrogen and oxygen atoms in total. The van der Waals surface area contributed by atoms with E-state index >= 15 is 0 Å². The van der Waals surface area contributed by atoms with Crippen LogP contribution in [-0.2, 0) is 6.54 Å². The van der Waals surface area contributed by atoms with Crippen LogP contribution in [0.25, 0.3) is 22.6 Å². The first-order valence-corrected chi connectivity index (χ1v) is 8.40. The van der Waals surface area contributed by atoms with Gasteiger partial charge >= 0.3 is 0 Å². The molecule has 4 rings (SSSR count). The molecule has 2 heterocycles. The van der Waals surface area contributed by atoms with Crippen LogP contribution in [0.1, 0.15) is 11.7 Å². The largest absolute Gasteiger partial charge is 0.387 e. The van der Waals surface area contributed by atoms with Gasteiger partial charge in [-0.1, -0.05) is 41.9 Å². The van der Waals surface area contributed by atoms with Gasteiger partial charge in [-0.05, 0) is 42.0 Å². The quantitative estimate of drug-likeness (QED) is 0.590. The number of imidazole rings is 1. The van der Waals surface area contributed by atoms with Gasteiger partial charge in [0.15, 0.2) is 5.65 Å². The molecule has 5 heteroatoms. The monoisotopic (exact) mass is 349 g/mol. The molecule has 0 aliphatic carbocycles. The van der Waals surface area contributed by atoms with E-state index in [-0.39, 0.29) is 0 Å². The van der Waals surface area contributed by atoms with Gasteiger partial charge in [0.25, 0.3) is 0 Å². The maximum absolute atomic E-state index is 10.7. The molecule has 0 bridgehead atoms. The number of aliphatic hydroxyl groups is 1. The third-order valence-corrected chi connectivity index (χ3v) is 4.40. The van der Waals surface area contributed by atoms with E-state index < -0.39 is 6.10 Å². The maximum Gasteiger partial charge on any atom is 0.160 e. The number of hydrogen-bond acceptors (Lipinski definition) is 3. The second-order valence-corrected chi connectivity index (χ2v) is 6.26. The Kier molecular flexibility index (Phi) is 4.22. The number of benzene rings is 2. The summed E-state index contributed by atoms with van der Waals surface area (Å²) in [6.45, 7) is 0.371. The average molecular weight is 350 g/mol. The minimum absolute atomic E-state index is 0.371. The highest BCUT2D eigenvalue weighted by atomic mass is 35.5. The van der Waals surface area contributed by atoms with Crippen LogP contribution in [0.5, 0.6) is 0 Å². The number of aliphatic hydroxyl groups excluding tert-OH is 1. The van der Waals surface area contributed by atoms with Gasteiger partial charge in [0.2, 0.25) is 0 Å². The summed E-state index contributed by atoms with van der Waals surface area (Å²) in [4.78, 5) is 9.16. The molecule has 1 N–H and O–H groups in total. The highest BCUT2D eigenvalue weighted by Crippen LogP contribution is 2.27. The van der Waals surface area contributed by atoms with Crippen LogP contribution in [0.3, 0.4) is 0 Å². The fraction of sp³-hybridized carbons (Fsp3) is 0.100. The van der Waals surface area contributed by atoms with Crippen LogP contribution in [0.2, 0.25) is 5.02 Å². The third-order valence-electron chi connectivity index (χ3n) is 4.15. The van der Waals surface area contributed by atoms with Crippen molar-refractivity contribution >= 4 is 22.8 Å². The Bertz CT molecular complexity index is 997. The molecular formula is C20H16ClN3O. The van der Waals surface area contributed by atoms with E-state index in [1.54, 1.807) is 6.20 Å². The number of hydrogen-bond donors (Lipinski definition) is 1. The molecule has 0 aliphatic heterocycles. The van der Waals surface area contributed by atoms with Crippen LogP contribution >= 0.6 is 11.6 Å². The summed E-state index contributed by atoms with van der Waals surface area (Å²) < 4.78 is 1.95. The number of nitrogens with zero attached hydrogens (tertiary/aromatic N) is 3. The fourth-order valence-corrected chi connectivity index (χ4v) is 3.03. The summed E-state index contributed by atoms with van der Waals surface area (Å²) in [6.07, 6.45) is 1.09. The highest BCUT2D eigenvalue weighted by molar-refractivity contribution is 6.30. The topological polar surface area (TPSA) is 50.9 Å². The molecule has 0 saturated carbocycles. The lowest BCUT2D eigenvalue weighted by molar-refractivity contribution is 0.158. The summed E-state index contributed by atoms with van der Waals surface area (Å²) >= 11 is 6.00. The van der Waals surface area contributed by atoms with E-state index in [1.807, 2.05) is 71.3 Å². The number of fused-ring (bicyclic) bond motifs is 1. The van der Waals surface area contributed by atoms with Crippen LogP contribution in [-0.4, -0.2) is 19.6 Å². The van der Waals surface area contributed by atoms with Crippen LogP contribution in [0.15, 0.2) is 72.9 Å². The zero-order valence-corrected chi connectivity index (χ0v) is 14.1. The zero-order valence-electron chi connectivity index (χ0n) is 13.4. The Morgan fingerprint density at radius 3 is 2.48 bits per heavy atom. The van der Waals surface area contributed by atoms with E-state index in [4.69, 9.17) is 16.6 Å². The first-order valence-electron chi connectivity index (χ1n) is 8.02. The predicted octanol–water partition coefficient (Wildman–Crippen LogP) is 4.49. The molecule has 25 heavy (non-hydrogen) atoms. The van der Waals surface area contributed by atoms with Crippen molar-refractivity contribution < 1.29 is 5.11 Å². The van der Waals surface area contributed by atoms with E-state index in [0.29, 0.717) is 11.6 Å². The van der Waals surface area contributed by atoms with E-state index in [9.17, 15) is 5.11 Å². The van der Waals surface area contributed by atoms with Crippen molar-refractivity contribution in [2.75, 3.05) is 0 Å². The second-order valence-electron chi connectivity index (χ2n) is 5.83. The van der Waals surface area contributed by atoms with Gasteiger partial charge in [-0.15, -0.1) is 0 Å². The van der Waals surface area contributed by atoms with Crippen LogP contribution < -0.4 is 0 Å². The van der Waals surface area contributed by atoms with Gasteiger partial charge < -0.3 is 9.67 Å². The minimum Gasteiger partial charge on any atom is -0.387 e. The molecule has 0 spiro atoms. The average Bonchev–Trinajstić information content (AvgIpc) is 3.02. The lowest BCUT2D eigenvalue weighted by Gasteiger charge is -2.14. The molecule has 124 valence electrons. The predicted molar refractivity (Wildman–Crippen MR) is 99.4 cm³/mol. The van der Waals surface area contributed by atoms with Gasteiger partial charge in [-0.2, -0.15) is 0 Å². The van der Waals surface area contributed by atoms with E-state index in [1.165, 1.54) is 0 Å². The minimum atomic E-state index is -0.647. The Morgan fingerprint density at radius 2 is 1.72 bits per heavy atom. The van der Waals surface area contributed by atoms with Gasteiger partial charge in [0, 0.05) is 16.8 Å². The molecule has 2 aromatic heterocycles. The molecule has 4 aromatic rings. The van der Waals surface area contributed by atoms with Crippen molar-refractivity contribution in [3.63, 3.8) is 0 Å². The van der Waals surface area contributed by atoms with Crippen molar-refractivity contribution in [1.82, 2.24) is 14.5 Å². The van der Waals surface area contributed by atoms with Gasteiger partial charge in [0.1, 0.15) is 11.3 Å². The van der Waals surface area contributed by atoms with Crippen molar-refractivity contribution in [1.29, 1.82) is 0 Å². The zero-order chi connectivity index (χ0) is 17.2. The van der Waals surface area contributed by atoms with Crippen LogP contribution in [0, 0.1) is 0 Å². The lowest BCUT2D eigenvalue weighted by Crippen LogP contribution is -2.10. The molecule has 2 aromatic carbocycles.